The van der Waals surface area contributed by atoms with Crippen molar-refractivity contribution in [1.29, 1.82) is 0 Å². The molecule has 2 saturated heterocycles. The molecule has 1 aromatic rings. The molecule has 2 amide bonds. The number of aromatic nitrogens is 2. The predicted octanol–water partition coefficient (Wildman–Crippen LogP) is 0.664. The largest absolute Gasteiger partial charge is 0.450 e. The van der Waals surface area contributed by atoms with Crippen LogP contribution in [0, 0.1) is 0 Å². The van der Waals surface area contributed by atoms with Crippen LogP contribution in [0.3, 0.4) is 0 Å². The standard InChI is InChI=1S/C17H25N5O4/c1-2-26-17(24)22-5-3-13(4-6-22)20-16(23)14-11-15(19-12-18-14)21-7-9-25-10-8-21/h11-13H,2-10H2,1H3,(H,20,23). The Hall–Kier alpha value is -2.42. The second-order valence-corrected chi connectivity index (χ2v) is 6.29. The van der Waals surface area contributed by atoms with Crippen LogP contribution in [-0.4, -0.2) is 78.9 Å². The summed E-state index contributed by atoms with van der Waals surface area (Å²) in [4.78, 5) is 36.4. The van der Waals surface area contributed by atoms with Crippen LogP contribution in [0.5, 0.6) is 0 Å². The fourth-order valence-corrected chi connectivity index (χ4v) is 3.12. The van der Waals surface area contributed by atoms with E-state index in [1.54, 1.807) is 17.9 Å². The van der Waals surface area contributed by atoms with Gasteiger partial charge < -0.3 is 24.6 Å². The van der Waals surface area contributed by atoms with Gasteiger partial charge in [-0.3, -0.25) is 4.79 Å². The maximum Gasteiger partial charge on any atom is 0.409 e. The first-order valence-corrected chi connectivity index (χ1v) is 9.04. The molecule has 0 unspecified atom stereocenters. The van der Waals surface area contributed by atoms with Crippen LogP contribution in [0.25, 0.3) is 0 Å². The van der Waals surface area contributed by atoms with Crippen LogP contribution in [-0.2, 0) is 9.47 Å². The lowest BCUT2D eigenvalue weighted by atomic mass is 10.1. The summed E-state index contributed by atoms with van der Waals surface area (Å²) in [7, 11) is 0. The average molecular weight is 363 g/mol. The summed E-state index contributed by atoms with van der Waals surface area (Å²) < 4.78 is 10.3. The molecule has 0 atom stereocenters. The van der Waals surface area contributed by atoms with E-state index in [4.69, 9.17) is 9.47 Å². The highest BCUT2D eigenvalue weighted by Crippen LogP contribution is 2.15. The monoisotopic (exact) mass is 363 g/mol. The Balaban J connectivity index is 1.53. The summed E-state index contributed by atoms with van der Waals surface area (Å²) in [5.41, 5.74) is 0.356. The van der Waals surface area contributed by atoms with Gasteiger partial charge in [0.05, 0.1) is 19.8 Å². The summed E-state index contributed by atoms with van der Waals surface area (Å²) in [6, 6.07) is 1.74. The molecule has 9 heteroatoms. The molecule has 2 aliphatic rings. The number of likely N-dealkylation sites (tertiary alicyclic amines) is 1. The van der Waals surface area contributed by atoms with E-state index < -0.39 is 0 Å². The van der Waals surface area contributed by atoms with Gasteiger partial charge in [-0.25, -0.2) is 14.8 Å². The number of rotatable bonds is 4. The lowest BCUT2D eigenvalue weighted by molar-refractivity contribution is 0.0856. The van der Waals surface area contributed by atoms with E-state index in [1.807, 2.05) is 0 Å². The topological polar surface area (TPSA) is 96.9 Å². The van der Waals surface area contributed by atoms with E-state index in [0.29, 0.717) is 51.4 Å². The van der Waals surface area contributed by atoms with E-state index in [1.165, 1.54) is 6.33 Å². The second-order valence-electron chi connectivity index (χ2n) is 6.29. The van der Waals surface area contributed by atoms with Crippen LogP contribution >= 0.6 is 0 Å². The fourth-order valence-electron chi connectivity index (χ4n) is 3.12. The molecule has 0 aliphatic carbocycles. The molecule has 2 fully saturated rings. The van der Waals surface area contributed by atoms with Crippen LogP contribution in [0.1, 0.15) is 30.3 Å². The molecule has 0 saturated carbocycles. The minimum atomic E-state index is -0.289. The van der Waals surface area contributed by atoms with Crippen molar-refractivity contribution in [2.24, 2.45) is 0 Å². The lowest BCUT2D eigenvalue weighted by Crippen LogP contribution is -2.46. The van der Waals surface area contributed by atoms with Crippen molar-refractivity contribution in [3.05, 3.63) is 18.1 Å². The molecule has 0 bridgehead atoms. The van der Waals surface area contributed by atoms with Crippen molar-refractivity contribution in [1.82, 2.24) is 20.2 Å². The number of nitrogens with one attached hydrogen (secondary N) is 1. The van der Waals surface area contributed by atoms with Gasteiger partial charge in [0.25, 0.3) is 5.91 Å². The molecular weight excluding hydrogens is 338 g/mol. The number of ether oxygens (including phenoxy) is 2. The Morgan fingerprint density at radius 1 is 1.23 bits per heavy atom. The number of carbonyl (C=O) groups excluding carboxylic acids is 2. The van der Waals surface area contributed by atoms with Crippen molar-refractivity contribution in [2.45, 2.75) is 25.8 Å². The third-order valence-electron chi connectivity index (χ3n) is 4.58. The van der Waals surface area contributed by atoms with Crippen molar-refractivity contribution >= 4 is 17.8 Å². The SMILES string of the molecule is CCOC(=O)N1CCC(NC(=O)c2cc(N3CCOCC3)ncn2)CC1. The molecule has 0 radical (unpaired) electrons. The van der Waals surface area contributed by atoms with Crippen LogP contribution < -0.4 is 10.2 Å². The number of amides is 2. The number of carbonyl (C=O) groups is 2. The maximum atomic E-state index is 12.5. The minimum absolute atomic E-state index is 0.0231. The van der Waals surface area contributed by atoms with Gasteiger partial charge in [0.1, 0.15) is 17.8 Å². The van der Waals surface area contributed by atoms with Gasteiger partial charge in [-0.1, -0.05) is 0 Å². The first kappa shape index (κ1) is 18.4. The summed E-state index contributed by atoms with van der Waals surface area (Å²) >= 11 is 0. The van der Waals surface area contributed by atoms with Crippen molar-refractivity contribution in [3.63, 3.8) is 0 Å². The van der Waals surface area contributed by atoms with E-state index in [2.05, 4.69) is 20.2 Å². The molecule has 0 aromatic carbocycles. The zero-order valence-electron chi connectivity index (χ0n) is 15.0. The molecule has 142 valence electrons. The molecule has 2 aliphatic heterocycles. The van der Waals surface area contributed by atoms with Gasteiger partial charge >= 0.3 is 6.09 Å². The van der Waals surface area contributed by atoms with Crippen molar-refractivity contribution in [2.75, 3.05) is 50.9 Å². The summed E-state index contributed by atoms with van der Waals surface area (Å²) in [5, 5.41) is 3.01. The van der Waals surface area contributed by atoms with E-state index in [-0.39, 0.29) is 18.0 Å². The Kier molecular flexibility index (Phi) is 6.21. The third-order valence-corrected chi connectivity index (χ3v) is 4.58. The summed E-state index contributed by atoms with van der Waals surface area (Å²) in [5.74, 6) is 0.530. The lowest BCUT2D eigenvalue weighted by Gasteiger charge is -2.31. The van der Waals surface area contributed by atoms with Gasteiger partial charge in [0.2, 0.25) is 0 Å². The van der Waals surface area contributed by atoms with Crippen LogP contribution in [0.15, 0.2) is 12.4 Å². The molecule has 1 N–H and O–H groups in total. The highest BCUT2D eigenvalue weighted by molar-refractivity contribution is 5.93. The molecule has 1 aromatic heterocycles. The molecule has 3 rings (SSSR count). The average Bonchev–Trinajstić information content (AvgIpc) is 2.69. The zero-order chi connectivity index (χ0) is 18.4. The Labute approximate surface area is 152 Å². The highest BCUT2D eigenvalue weighted by Gasteiger charge is 2.25. The van der Waals surface area contributed by atoms with Crippen molar-refractivity contribution in [3.8, 4) is 0 Å². The molecule has 3 heterocycles. The minimum Gasteiger partial charge on any atom is -0.450 e. The number of hydrogen-bond acceptors (Lipinski definition) is 7. The van der Waals surface area contributed by atoms with Crippen LogP contribution in [0.4, 0.5) is 10.6 Å². The van der Waals surface area contributed by atoms with Gasteiger partial charge in [0, 0.05) is 38.3 Å². The van der Waals surface area contributed by atoms with Crippen molar-refractivity contribution < 1.29 is 19.1 Å². The molecule has 26 heavy (non-hydrogen) atoms. The first-order chi connectivity index (χ1) is 12.7. The molecular formula is C17H25N5O4. The van der Waals surface area contributed by atoms with Gasteiger partial charge in [-0.15, -0.1) is 0 Å². The van der Waals surface area contributed by atoms with Crippen LogP contribution in [0.2, 0.25) is 0 Å². The smallest absolute Gasteiger partial charge is 0.409 e. The fraction of sp³-hybridized carbons (Fsp3) is 0.647. The van der Waals surface area contributed by atoms with Gasteiger partial charge in [0.15, 0.2) is 0 Å². The third kappa shape index (κ3) is 4.60. The van der Waals surface area contributed by atoms with Gasteiger partial charge in [-0.2, -0.15) is 0 Å². The quantitative estimate of drug-likeness (QED) is 0.839. The number of morpholine rings is 1. The second kappa shape index (κ2) is 8.79. The Bertz CT molecular complexity index is 627. The number of hydrogen-bond donors (Lipinski definition) is 1. The van der Waals surface area contributed by atoms with E-state index >= 15 is 0 Å². The normalized spacial score (nSPS) is 18.5. The van der Waals surface area contributed by atoms with Gasteiger partial charge in [-0.05, 0) is 19.8 Å². The zero-order valence-corrected chi connectivity index (χ0v) is 15.0. The summed E-state index contributed by atoms with van der Waals surface area (Å²) in [6.07, 6.45) is 2.53. The first-order valence-electron chi connectivity index (χ1n) is 9.04. The Morgan fingerprint density at radius 3 is 2.65 bits per heavy atom. The maximum absolute atomic E-state index is 12.5. The molecule has 9 nitrogen and oxygen atoms in total. The van der Waals surface area contributed by atoms with E-state index in [0.717, 1.165) is 18.9 Å². The number of anilines is 1. The molecule has 0 spiro atoms. The predicted molar refractivity (Wildman–Crippen MR) is 94.1 cm³/mol. The summed E-state index contributed by atoms with van der Waals surface area (Å²) in [6.45, 7) is 6.13. The number of piperidine rings is 1. The highest BCUT2D eigenvalue weighted by atomic mass is 16.6. The van der Waals surface area contributed by atoms with E-state index in [9.17, 15) is 9.59 Å². The number of nitrogens with zero attached hydrogens (tertiary/aromatic N) is 4. The Morgan fingerprint density at radius 2 is 1.96 bits per heavy atom.